The lowest BCUT2D eigenvalue weighted by Gasteiger charge is -2.28. The molecule has 2 amide bonds. The molecule has 1 unspecified atom stereocenters. The van der Waals surface area contributed by atoms with Gasteiger partial charge >= 0.3 is 12.1 Å². The van der Waals surface area contributed by atoms with E-state index in [1.807, 2.05) is 24.3 Å². The topological polar surface area (TPSA) is 105 Å². The summed E-state index contributed by atoms with van der Waals surface area (Å²) in [4.78, 5) is 36.9. The smallest absolute Gasteiger partial charge is 0.407 e. The van der Waals surface area contributed by atoms with Crippen LogP contribution in [0, 0.1) is 11.3 Å². The van der Waals surface area contributed by atoms with Gasteiger partial charge < -0.3 is 20.5 Å². The first-order valence-corrected chi connectivity index (χ1v) is 12.3. The molecule has 0 radical (unpaired) electrons. The van der Waals surface area contributed by atoms with Crippen molar-refractivity contribution in [2.75, 3.05) is 6.61 Å². The number of hydrogen-bond acceptors (Lipinski definition) is 4. The highest BCUT2D eigenvalue weighted by Gasteiger charge is 2.36. The summed E-state index contributed by atoms with van der Waals surface area (Å²) in [6.45, 7) is 5.58. The SMILES string of the molecule is CC(C)(C)C(NC(=O)C[C@@H]1CCC[C@H]1NC(=O)OCC1c2ccccc2-c2ccccc21)C(=O)O. The molecule has 35 heavy (non-hydrogen) atoms. The summed E-state index contributed by atoms with van der Waals surface area (Å²) < 4.78 is 5.67. The third kappa shape index (κ3) is 5.50. The van der Waals surface area contributed by atoms with Crippen molar-refractivity contribution >= 4 is 18.0 Å². The molecule has 0 bridgehead atoms. The van der Waals surface area contributed by atoms with Crippen molar-refractivity contribution in [3.05, 3.63) is 59.7 Å². The van der Waals surface area contributed by atoms with E-state index in [9.17, 15) is 19.5 Å². The monoisotopic (exact) mass is 478 g/mol. The van der Waals surface area contributed by atoms with E-state index in [1.54, 1.807) is 20.8 Å². The Bertz CT molecular complexity index is 1060. The van der Waals surface area contributed by atoms with E-state index in [-0.39, 0.29) is 36.8 Å². The van der Waals surface area contributed by atoms with Gasteiger partial charge in [-0.05, 0) is 46.4 Å². The van der Waals surface area contributed by atoms with Crippen LogP contribution in [-0.2, 0) is 14.3 Å². The van der Waals surface area contributed by atoms with E-state index < -0.39 is 23.5 Å². The van der Waals surface area contributed by atoms with Gasteiger partial charge in [-0.2, -0.15) is 0 Å². The van der Waals surface area contributed by atoms with Crippen LogP contribution in [0.3, 0.4) is 0 Å². The molecule has 4 rings (SSSR count). The minimum absolute atomic E-state index is 0.0105. The largest absolute Gasteiger partial charge is 0.480 e. The van der Waals surface area contributed by atoms with Crippen LogP contribution in [0.1, 0.15) is 63.5 Å². The van der Waals surface area contributed by atoms with Crippen molar-refractivity contribution in [1.29, 1.82) is 0 Å². The van der Waals surface area contributed by atoms with Gasteiger partial charge in [0, 0.05) is 18.4 Å². The van der Waals surface area contributed by atoms with E-state index in [1.165, 1.54) is 11.1 Å². The lowest BCUT2D eigenvalue weighted by molar-refractivity contribution is -0.145. The van der Waals surface area contributed by atoms with Gasteiger partial charge in [-0.25, -0.2) is 9.59 Å². The number of alkyl carbamates (subject to hydrolysis) is 1. The van der Waals surface area contributed by atoms with Crippen LogP contribution in [0.25, 0.3) is 11.1 Å². The number of carboxylic acids is 1. The van der Waals surface area contributed by atoms with Crippen molar-refractivity contribution in [1.82, 2.24) is 10.6 Å². The lowest BCUT2D eigenvalue weighted by Crippen LogP contribution is -2.50. The molecule has 0 aromatic heterocycles. The number of carbonyl (C=O) groups excluding carboxylic acids is 2. The summed E-state index contributed by atoms with van der Waals surface area (Å²) in [5.74, 6) is -1.42. The van der Waals surface area contributed by atoms with Crippen LogP contribution in [0.2, 0.25) is 0 Å². The minimum atomic E-state index is -1.05. The van der Waals surface area contributed by atoms with Crippen molar-refractivity contribution in [2.24, 2.45) is 11.3 Å². The molecule has 0 saturated heterocycles. The Morgan fingerprint density at radius 1 is 1.00 bits per heavy atom. The van der Waals surface area contributed by atoms with E-state index in [2.05, 4.69) is 34.9 Å². The highest BCUT2D eigenvalue weighted by molar-refractivity contribution is 5.84. The van der Waals surface area contributed by atoms with Gasteiger partial charge in [0.25, 0.3) is 0 Å². The first-order valence-electron chi connectivity index (χ1n) is 12.3. The van der Waals surface area contributed by atoms with Crippen molar-refractivity contribution in [3.63, 3.8) is 0 Å². The van der Waals surface area contributed by atoms with Crippen LogP contribution in [0.4, 0.5) is 4.79 Å². The molecule has 2 aromatic rings. The van der Waals surface area contributed by atoms with Gasteiger partial charge in [-0.1, -0.05) is 75.7 Å². The van der Waals surface area contributed by atoms with Gasteiger partial charge in [-0.3, -0.25) is 4.79 Å². The molecule has 0 heterocycles. The first-order chi connectivity index (χ1) is 16.6. The molecule has 1 fully saturated rings. The molecule has 2 aromatic carbocycles. The fourth-order valence-electron chi connectivity index (χ4n) is 5.37. The number of aliphatic carboxylic acids is 1. The summed E-state index contributed by atoms with van der Waals surface area (Å²) in [6.07, 6.45) is 2.16. The average molecular weight is 479 g/mol. The zero-order chi connectivity index (χ0) is 25.2. The van der Waals surface area contributed by atoms with E-state index >= 15 is 0 Å². The Kier molecular flexibility index (Phi) is 7.15. The van der Waals surface area contributed by atoms with Crippen molar-refractivity contribution in [2.45, 2.75) is 64.5 Å². The molecule has 0 spiro atoms. The Morgan fingerprint density at radius 2 is 1.60 bits per heavy atom. The fourth-order valence-corrected chi connectivity index (χ4v) is 5.37. The summed E-state index contributed by atoms with van der Waals surface area (Å²) in [5.41, 5.74) is 4.06. The molecule has 2 aliphatic carbocycles. The standard InChI is InChI=1S/C28H34N2O5/c1-28(2,3)25(26(32)33)30-24(31)15-17-9-8-14-23(17)29-27(34)35-16-22-20-12-6-4-10-18(20)19-11-5-7-13-21(19)22/h4-7,10-13,17,22-23,25H,8-9,14-16H2,1-3H3,(H,29,34)(H,30,31)(H,32,33)/t17-,23+,25?/m0/s1. The number of fused-ring (bicyclic) bond motifs is 3. The van der Waals surface area contributed by atoms with Crippen LogP contribution >= 0.6 is 0 Å². The molecule has 7 heteroatoms. The highest BCUT2D eigenvalue weighted by atomic mass is 16.5. The minimum Gasteiger partial charge on any atom is -0.480 e. The van der Waals surface area contributed by atoms with Gasteiger partial charge in [-0.15, -0.1) is 0 Å². The third-order valence-corrected chi connectivity index (χ3v) is 7.17. The van der Waals surface area contributed by atoms with Crippen LogP contribution in [0.15, 0.2) is 48.5 Å². The second-order valence-corrected chi connectivity index (χ2v) is 10.7. The molecular weight excluding hydrogens is 444 g/mol. The van der Waals surface area contributed by atoms with E-state index in [0.29, 0.717) is 0 Å². The average Bonchev–Trinajstić information content (AvgIpc) is 3.37. The maximum atomic E-state index is 12.7. The van der Waals surface area contributed by atoms with Gasteiger partial charge in [0.05, 0.1) is 0 Å². The Hall–Kier alpha value is -3.35. The number of ether oxygens (including phenoxy) is 1. The van der Waals surface area contributed by atoms with Crippen LogP contribution in [-0.4, -0.2) is 41.8 Å². The zero-order valence-corrected chi connectivity index (χ0v) is 20.5. The predicted octanol–water partition coefficient (Wildman–Crippen LogP) is 4.70. The Balaban J connectivity index is 1.33. The van der Waals surface area contributed by atoms with Crippen LogP contribution < -0.4 is 10.6 Å². The van der Waals surface area contributed by atoms with E-state index in [0.717, 1.165) is 30.4 Å². The number of amides is 2. The summed E-state index contributed by atoms with van der Waals surface area (Å²) in [6, 6.07) is 15.2. The van der Waals surface area contributed by atoms with Gasteiger partial charge in [0.15, 0.2) is 0 Å². The molecule has 2 aliphatic rings. The second-order valence-electron chi connectivity index (χ2n) is 10.7. The highest BCUT2D eigenvalue weighted by Crippen LogP contribution is 2.44. The molecular formula is C28H34N2O5. The summed E-state index contributed by atoms with van der Waals surface area (Å²) >= 11 is 0. The van der Waals surface area contributed by atoms with Crippen molar-refractivity contribution < 1.29 is 24.2 Å². The molecule has 3 N–H and O–H groups in total. The normalized spacial score (nSPS) is 20.0. The number of hydrogen-bond donors (Lipinski definition) is 3. The van der Waals surface area contributed by atoms with Crippen LogP contribution in [0.5, 0.6) is 0 Å². The zero-order valence-electron chi connectivity index (χ0n) is 20.5. The number of carbonyl (C=O) groups is 3. The van der Waals surface area contributed by atoms with Crippen molar-refractivity contribution in [3.8, 4) is 11.1 Å². The van der Waals surface area contributed by atoms with Gasteiger partial charge in [0.2, 0.25) is 5.91 Å². The first kappa shape index (κ1) is 24.8. The molecule has 1 saturated carbocycles. The second kappa shape index (κ2) is 10.1. The maximum Gasteiger partial charge on any atom is 0.407 e. The number of nitrogens with one attached hydrogen (secondary N) is 2. The Labute approximate surface area is 206 Å². The molecule has 0 aliphatic heterocycles. The summed E-state index contributed by atoms with van der Waals surface area (Å²) in [7, 11) is 0. The van der Waals surface area contributed by atoms with Gasteiger partial charge in [0.1, 0.15) is 12.6 Å². The summed E-state index contributed by atoms with van der Waals surface area (Å²) in [5, 5.41) is 15.1. The molecule has 7 nitrogen and oxygen atoms in total. The predicted molar refractivity (Wildman–Crippen MR) is 133 cm³/mol. The fraction of sp³-hybridized carbons (Fsp3) is 0.464. The molecule has 3 atom stereocenters. The maximum absolute atomic E-state index is 12.7. The third-order valence-electron chi connectivity index (χ3n) is 7.17. The number of rotatable bonds is 7. The van der Waals surface area contributed by atoms with E-state index in [4.69, 9.17) is 4.74 Å². The Morgan fingerprint density at radius 3 is 2.17 bits per heavy atom. The quantitative estimate of drug-likeness (QED) is 0.535. The lowest BCUT2D eigenvalue weighted by atomic mass is 9.86. The molecule has 186 valence electrons. The number of carboxylic acid groups (broad SMARTS) is 1. The number of benzene rings is 2.